The fraction of sp³-hybridized carbons (Fsp3) is 0.538. The summed E-state index contributed by atoms with van der Waals surface area (Å²) in [6, 6.07) is 1.42. The van der Waals surface area contributed by atoms with Crippen LogP contribution in [0.15, 0.2) is 12.1 Å². The van der Waals surface area contributed by atoms with Crippen LogP contribution >= 0.6 is 0 Å². The van der Waals surface area contributed by atoms with Crippen LogP contribution in [0.2, 0.25) is 0 Å². The first kappa shape index (κ1) is 15.2. The highest BCUT2D eigenvalue weighted by Gasteiger charge is 2.32. The average molecular weight is 288 g/mol. The summed E-state index contributed by atoms with van der Waals surface area (Å²) in [6.45, 7) is 2.35. The van der Waals surface area contributed by atoms with E-state index in [9.17, 15) is 13.2 Å². The number of likely N-dealkylation sites (N-methyl/N-ethyl adjacent to an activating group) is 2. The van der Waals surface area contributed by atoms with Crippen LogP contribution in [-0.4, -0.2) is 49.6 Å². The molecule has 0 amide bonds. The molecule has 4 nitrogen and oxygen atoms in total. The molecule has 1 saturated heterocycles. The zero-order valence-electron chi connectivity index (χ0n) is 11.5. The Hall–Kier alpha value is -1.15. The van der Waals surface area contributed by atoms with E-state index < -0.39 is 23.5 Å². The highest BCUT2D eigenvalue weighted by atomic mass is 19.2. The van der Waals surface area contributed by atoms with Crippen LogP contribution < -0.4 is 11.3 Å². The molecule has 1 aromatic rings. The van der Waals surface area contributed by atoms with E-state index in [4.69, 9.17) is 5.84 Å². The largest absolute Gasteiger partial charge is 0.303 e. The summed E-state index contributed by atoms with van der Waals surface area (Å²) in [4.78, 5) is 4.12. The molecule has 2 rings (SSSR count). The third-order valence-corrected chi connectivity index (χ3v) is 3.86. The normalized spacial score (nSPS) is 23.0. The van der Waals surface area contributed by atoms with Gasteiger partial charge in [0.1, 0.15) is 0 Å². The number of rotatable bonds is 3. The van der Waals surface area contributed by atoms with E-state index in [2.05, 4.69) is 10.3 Å². The Labute approximate surface area is 116 Å². The van der Waals surface area contributed by atoms with Gasteiger partial charge in [-0.15, -0.1) is 0 Å². The second kappa shape index (κ2) is 6.09. The smallest absolute Gasteiger partial charge is 0.194 e. The maximum atomic E-state index is 13.9. The number of benzene rings is 1. The van der Waals surface area contributed by atoms with E-state index in [0.717, 1.165) is 19.2 Å². The molecular weight excluding hydrogens is 269 g/mol. The number of hydrogen-bond acceptors (Lipinski definition) is 4. The molecule has 0 aromatic heterocycles. The van der Waals surface area contributed by atoms with Crippen LogP contribution in [0.5, 0.6) is 0 Å². The minimum absolute atomic E-state index is 0.0403. The predicted octanol–water partition coefficient (Wildman–Crippen LogP) is 0.854. The third kappa shape index (κ3) is 2.80. The molecule has 0 aliphatic carbocycles. The quantitative estimate of drug-likeness (QED) is 0.492. The van der Waals surface area contributed by atoms with Gasteiger partial charge >= 0.3 is 0 Å². The van der Waals surface area contributed by atoms with Gasteiger partial charge in [0.2, 0.25) is 0 Å². The van der Waals surface area contributed by atoms with E-state index in [0.29, 0.717) is 6.54 Å². The lowest BCUT2D eigenvalue weighted by atomic mass is 9.96. The standard InChI is InChI=1S/C13H19F3N4/c1-19-5-6-20(2)10(7-19)13(18-17)8-3-4-9(14)12(16)11(8)15/h3-4,10,13,18H,5-7,17H2,1-2H3. The van der Waals surface area contributed by atoms with Crippen molar-refractivity contribution in [2.24, 2.45) is 5.84 Å². The van der Waals surface area contributed by atoms with Crippen LogP contribution in [0.4, 0.5) is 13.2 Å². The van der Waals surface area contributed by atoms with Crippen molar-refractivity contribution in [2.45, 2.75) is 12.1 Å². The molecule has 1 aliphatic rings. The zero-order valence-corrected chi connectivity index (χ0v) is 11.5. The monoisotopic (exact) mass is 288 g/mol. The van der Waals surface area contributed by atoms with E-state index in [1.807, 2.05) is 19.0 Å². The summed E-state index contributed by atoms with van der Waals surface area (Å²) in [5, 5.41) is 0. The van der Waals surface area contributed by atoms with Crippen molar-refractivity contribution in [1.29, 1.82) is 0 Å². The topological polar surface area (TPSA) is 44.5 Å². The predicted molar refractivity (Wildman–Crippen MR) is 70.3 cm³/mol. The molecule has 7 heteroatoms. The van der Waals surface area contributed by atoms with Gasteiger partial charge in [0.05, 0.1) is 6.04 Å². The average Bonchev–Trinajstić information content (AvgIpc) is 2.43. The summed E-state index contributed by atoms with van der Waals surface area (Å²) in [5.41, 5.74) is 2.57. The Morgan fingerprint density at radius 1 is 1.20 bits per heavy atom. The Balaban J connectivity index is 2.34. The molecule has 3 N–H and O–H groups in total. The number of hydrazine groups is 1. The zero-order chi connectivity index (χ0) is 14.9. The molecule has 2 atom stereocenters. The molecule has 0 saturated carbocycles. The SMILES string of the molecule is CN1CCN(C)C(C(NN)c2ccc(F)c(F)c2F)C1. The molecular formula is C13H19F3N4. The number of nitrogens with zero attached hydrogens (tertiary/aromatic N) is 2. The second-order valence-corrected chi connectivity index (χ2v) is 5.22. The summed E-state index contributed by atoms with van der Waals surface area (Å²) in [5.74, 6) is 1.68. The lowest BCUT2D eigenvalue weighted by Gasteiger charge is -2.41. The Bertz CT molecular complexity index is 483. The van der Waals surface area contributed by atoms with E-state index in [1.165, 1.54) is 6.07 Å². The van der Waals surface area contributed by atoms with Crippen molar-refractivity contribution in [1.82, 2.24) is 15.2 Å². The van der Waals surface area contributed by atoms with Gasteiger partial charge < -0.3 is 4.90 Å². The van der Waals surface area contributed by atoms with Crippen molar-refractivity contribution in [3.63, 3.8) is 0 Å². The highest BCUT2D eigenvalue weighted by molar-refractivity contribution is 5.25. The Morgan fingerprint density at radius 3 is 2.55 bits per heavy atom. The Kier molecular flexibility index (Phi) is 4.64. The third-order valence-electron chi connectivity index (χ3n) is 3.86. The van der Waals surface area contributed by atoms with Crippen LogP contribution in [-0.2, 0) is 0 Å². The molecule has 2 unspecified atom stereocenters. The summed E-state index contributed by atoms with van der Waals surface area (Å²) < 4.78 is 40.3. The Morgan fingerprint density at radius 2 is 1.90 bits per heavy atom. The minimum atomic E-state index is -1.46. The number of nitrogens with two attached hydrogens (primary N) is 1. The summed E-state index contributed by atoms with van der Waals surface area (Å²) in [6.07, 6.45) is 0. The van der Waals surface area contributed by atoms with Crippen molar-refractivity contribution in [3.05, 3.63) is 35.1 Å². The van der Waals surface area contributed by atoms with Gasteiger partial charge in [0, 0.05) is 31.2 Å². The summed E-state index contributed by atoms with van der Waals surface area (Å²) in [7, 11) is 3.86. The molecule has 20 heavy (non-hydrogen) atoms. The van der Waals surface area contributed by atoms with Crippen LogP contribution in [0.3, 0.4) is 0 Å². The first-order valence-corrected chi connectivity index (χ1v) is 6.44. The maximum Gasteiger partial charge on any atom is 0.194 e. The molecule has 112 valence electrons. The number of nitrogens with one attached hydrogen (secondary N) is 1. The fourth-order valence-electron chi connectivity index (χ4n) is 2.59. The van der Waals surface area contributed by atoms with Crippen LogP contribution in [0.25, 0.3) is 0 Å². The van der Waals surface area contributed by atoms with Crippen molar-refractivity contribution < 1.29 is 13.2 Å². The second-order valence-electron chi connectivity index (χ2n) is 5.22. The van der Waals surface area contributed by atoms with Crippen molar-refractivity contribution in [3.8, 4) is 0 Å². The molecule has 0 radical (unpaired) electrons. The summed E-state index contributed by atoms with van der Waals surface area (Å²) >= 11 is 0. The van der Waals surface area contributed by atoms with Gasteiger partial charge in [-0.05, 0) is 20.2 Å². The first-order valence-electron chi connectivity index (χ1n) is 6.44. The van der Waals surface area contributed by atoms with E-state index >= 15 is 0 Å². The number of hydrogen-bond donors (Lipinski definition) is 2. The first-order chi connectivity index (χ1) is 9.45. The molecule has 0 spiro atoms. The van der Waals surface area contributed by atoms with Gasteiger partial charge in [-0.2, -0.15) is 0 Å². The number of halogens is 3. The van der Waals surface area contributed by atoms with E-state index in [1.54, 1.807) is 0 Å². The van der Waals surface area contributed by atoms with Gasteiger partial charge in [-0.25, -0.2) is 13.2 Å². The van der Waals surface area contributed by atoms with Crippen molar-refractivity contribution in [2.75, 3.05) is 33.7 Å². The van der Waals surface area contributed by atoms with Gasteiger partial charge in [0.15, 0.2) is 17.5 Å². The molecule has 1 heterocycles. The van der Waals surface area contributed by atoms with Crippen LogP contribution in [0, 0.1) is 17.5 Å². The lowest BCUT2D eigenvalue weighted by molar-refractivity contribution is 0.0864. The minimum Gasteiger partial charge on any atom is -0.303 e. The van der Waals surface area contributed by atoms with Crippen molar-refractivity contribution >= 4 is 0 Å². The highest BCUT2D eigenvalue weighted by Crippen LogP contribution is 2.27. The molecule has 0 bridgehead atoms. The number of piperazine rings is 1. The van der Waals surface area contributed by atoms with Gasteiger partial charge in [0.25, 0.3) is 0 Å². The van der Waals surface area contributed by atoms with E-state index in [-0.39, 0.29) is 11.6 Å². The fourth-order valence-corrected chi connectivity index (χ4v) is 2.59. The lowest BCUT2D eigenvalue weighted by Crippen LogP contribution is -2.56. The molecule has 1 aromatic carbocycles. The maximum absolute atomic E-state index is 13.9. The van der Waals surface area contributed by atoms with Crippen LogP contribution in [0.1, 0.15) is 11.6 Å². The molecule has 1 aliphatic heterocycles. The molecule has 1 fully saturated rings. The van der Waals surface area contributed by atoms with Gasteiger partial charge in [-0.1, -0.05) is 6.07 Å². The van der Waals surface area contributed by atoms with Gasteiger partial charge in [-0.3, -0.25) is 16.2 Å².